The van der Waals surface area contributed by atoms with Gasteiger partial charge in [0.25, 0.3) is 0 Å². The molecule has 0 heterocycles. The first-order chi connectivity index (χ1) is 22.3. The van der Waals surface area contributed by atoms with Crippen LogP contribution in [0.4, 0.5) is 0 Å². The molecule has 1 fully saturated rings. The first-order valence-corrected chi connectivity index (χ1v) is 22.5. The Balaban J connectivity index is 0.00000160. The second-order valence-corrected chi connectivity index (χ2v) is 17.9. The molecule has 2 N–H and O–H groups in total. The van der Waals surface area contributed by atoms with Gasteiger partial charge in [0.1, 0.15) is 11.5 Å². The number of halogens is 2. The van der Waals surface area contributed by atoms with Gasteiger partial charge in [-0.15, -0.1) is 0 Å². The molecule has 4 aromatic rings. The van der Waals surface area contributed by atoms with Crippen LogP contribution in [0, 0.1) is 0 Å². The van der Waals surface area contributed by atoms with E-state index in [9.17, 15) is 10.2 Å². The predicted molar refractivity (Wildman–Crippen MR) is 197 cm³/mol. The number of hydrogen-bond donors (Lipinski definition) is 2. The summed E-state index contributed by atoms with van der Waals surface area (Å²) in [5.74, 6) is 0.573. The van der Waals surface area contributed by atoms with Crippen LogP contribution in [0.3, 0.4) is 0 Å². The number of rotatable bonds is 6. The number of aliphatic imine (C=N–C) groups is 2. The summed E-state index contributed by atoms with van der Waals surface area (Å²) in [6.45, 7) is 12.7. The van der Waals surface area contributed by atoms with Crippen LogP contribution in [0.1, 0.15) is 89.5 Å². The number of phenols is 2. The summed E-state index contributed by atoms with van der Waals surface area (Å²) < 4.78 is 0. The molecule has 5 rings (SSSR count). The van der Waals surface area contributed by atoms with Gasteiger partial charge in [0.2, 0.25) is 0 Å². The van der Waals surface area contributed by atoms with E-state index in [0.717, 1.165) is 70.2 Å². The van der Waals surface area contributed by atoms with Crippen LogP contribution in [-0.2, 0) is 31.7 Å². The van der Waals surface area contributed by atoms with Crippen molar-refractivity contribution in [1.29, 1.82) is 0 Å². The van der Waals surface area contributed by atoms with Crippen LogP contribution in [0.5, 0.6) is 11.5 Å². The van der Waals surface area contributed by atoms with Gasteiger partial charge in [0.15, 0.2) is 0 Å². The Hall–Kier alpha value is -2.72. The van der Waals surface area contributed by atoms with Crippen LogP contribution in [0.25, 0.3) is 22.3 Å². The summed E-state index contributed by atoms with van der Waals surface area (Å²) in [7, 11) is 9.87. The van der Waals surface area contributed by atoms with Crippen molar-refractivity contribution < 1.29 is 31.1 Å². The Morgan fingerprint density at radius 2 is 0.936 bits per heavy atom. The van der Waals surface area contributed by atoms with Crippen molar-refractivity contribution in [3.63, 3.8) is 0 Å². The van der Waals surface area contributed by atoms with Crippen molar-refractivity contribution in [2.75, 3.05) is 0 Å². The van der Waals surface area contributed by atoms with Crippen molar-refractivity contribution in [2.24, 2.45) is 9.98 Å². The molecule has 1 aliphatic rings. The summed E-state index contributed by atoms with van der Waals surface area (Å²) >= 11 is -0.826. The molecule has 1 saturated carbocycles. The maximum absolute atomic E-state index is 11.3. The molecule has 246 valence electrons. The summed E-state index contributed by atoms with van der Waals surface area (Å²) in [5, 5.41) is 22.7. The van der Waals surface area contributed by atoms with Gasteiger partial charge in [-0.2, -0.15) is 0 Å². The summed E-state index contributed by atoms with van der Waals surface area (Å²) in [4.78, 5) is 10.1. The third-order valence-electron chi connectivity index (χ3n) is 8.61. The quantitative estimate of drug-likeness (QED) is 0.193. The zero-order valence-corrected chi connectivity index (χ0v) is 32.2. The third-order valence-corrected chi connectivity index (χ3v) is 8.61. The number of phenolic OH excluding ortho intramolecular Hbond substituents is 2. The number of benzene rings is 4. The van der Waals surface area contributed by atoms with Crippen LogP contribution in [-0.4, -0.2) is 34.7 Å². The molecule has 0 unspecified atom stereocenters. The average Bonchev–Trinajstić information content (AvgIpc) is 3.04. The van der Waals surface area contributed by atoms with E-state index in [0.29, 0.717) is 0 Å². The molecule has 7 heteroatoms. The Bertz CT molecular complexity index is 1550. The average molecular weight is 749 g/mol. The first-order valence-electron chi connectivity index (χ1n) is 16.2. The molecule has 4 nitrogen and oxygen atoms in total. The molecule has 0 bridgehead atoms. The van der Waals surface area contributed by atoms with Crippen molar-refractivity contribution >= 4 is 29.5 Å². The SMILES string of the molecule is CC(C)(C)c1cc(-c2ccccc2)cc(C=N[C@@H]2CCCC[C@H]2N=Cc2cc(-c3ccccc3)cc(C(C)(C)C)c2O)c1O.[Cl][Zr][Cl]. The topological polar surface area (TPSA) is 65.2 Å². The van der Waals surface area contributed by atoms with Gasteiger partial charge >= 0.3 is 37.9 Å². The first kappa shape index (κ1) is 37.1. The number of aromatic hydroxyl groups is 2. The van der Waals surface area contributed by atoms with Crippen molar-refractivity contribution in [3.05, 3.63) is 107 Å². The molecule has 0 aliphatic heterocycles. The van der Waals surface area contributed by atoms with E-state index >= 15 is 0 Å². The van der Waals surface area contributed by atoms with Crippen LogP contribution >= 0.6 is 17.0 Å². The molecule has 0 amide bonds. The molecule has 0 saturated heterocycles. The molecule has 4 aromatic carbocycles. The molecule has 1 aliphatic carbocycles. The fourth-order valence-corrected chi connectivity index (χ4v) is 6.04. The molecule has 0 aromatic heterocycles. The van der Waals surface area contributed by atoms with E-state index in [1.807, 2.05) is 61.0 Å². The van der Waals surface area contributed by atoms with Gasteiger partial charge in [-0.1, -0.05) is 115 Å². The van der Waals surface area contributed by atoms with Crippen LogP contribution in [0.2, 0.25) is 0 Å². The maximum atomic E-state index is 11.3. The zero-order valence-electron chi connectivity index (χ0n) is 28.3. The normalized spacial score (nSPS) is 17.0. The monoisotopic (exact) mass is 746 g/mol. The van der Waals surface area contributed by atoms with E-state index in [1.165, 1.54) is 0 Å². The minimum atomic E-state index is -0.826. The Labute approximate surface area is 299 Å². The third kappa shape index (κ3) is 9.91. The molecule has 47 heavy (non-hydrogen) atoms. The molecule has 2 atom stereocenters. The van der Waals surface area contributed by atoms with E-state index in [4.69, 9.17) is 27.0 Å². The standard InChI is InChI=1S/C40H46N2O2.2ClH.Zr/c1-39(2,3)33-23-29(27-15-9-7-10-16-27)21-31(37(33)43)25-41-35-19-13-14-20-36(35)42-26-32-22-30(28-17-11-8-12-18-28)24-34(38(32)44)40(4,5)6;;;/h7-12,15-18,21-26,35-36,43-44H,13-14,19-20H2,1-6H3;2*1H;/q;;;+2/p-2/t35-,36-;;;/m1.../s1. The van der Waals surface area contributed by atoms with Crippen molar-refractivity contribution in [2.45, 2.75) is 90.1 Å². The number of hydrogen-bond acceptors (Lipinski definition) is 4. The predicted octanol–water partition coefficient (Wildman–Crippen LogP) is 11.3. The zero-order chi connectivity index (χ0) is 34.2. The van der Waals surface area contributed by atoms with Crippen molar-refractivity contribution in [3.8, 4) is 33.8 Å². The Kier molecular flexibility index (Phi) is 13.1. The van der Waals surface area contributed by atoms with E-state index in [1.54, 1.807) is 0 Å². The molecule has 0 spiro atoms. The van der Waals surface area contributed by atoms with Gasteiger partial charge in [-0.25, -0.2) is 0 Å². The van der Waals surface area contributed by atoms with E-state index in [2.05, 4.69) is 77.9 Å². The summed E-state index contributed by atoms with van der Waals surface area (Å²) in [6, 6.07) is 28.8. The van der Waals surface area contributed by atoms with Gasteiger partial charge in [-0.3, -0.25) is 9.98 Å². The van der Waals surface area contributed by atoms with Gasteiger partial charge in [0, 0.05) is 34.7 Å². The van der Waals surface area contributed by atoms with E-state index in [-0.39, 0.29) is 34.4 Å². The van der Waals surface area contributed by atoms with Crippen LogP contribution < -0.4 is 0 Å². The fourth-order valence-electron chi connectivity index (χ4n) is 6.04. The fraction of sp³-hybridized carbons (Fsp3) is 0.350. The Morgan fingerprint density at radius 3 is 1.26 bits per heavy atom. The van der Waals surface area contributed by atoms with Crippen molar-refractivity contribution in [1.82, 2.24) is 0 Å². The Morgan fingerprint density at radius 1 is 0.596 bits per heavy atom. The molecular weight excluding hydrogens is 703 g/mol. The summed E-state index contributed by atoms with van der Waals surface area (Å²) in [6.07, 6.45) is 7.77. The van der Waals surface area contributed by atoms with Gasteiger partial charge in [0.05, 0.1) is 12.1 Å². The second kappa shape index (κ2) is 16.6. The number of nitrogens with zero attached hydrogens (tertiary/aromatic N) is 2. The van der Waals surface area contributed by atoms with Gasteiger partial charge < -0.3 is 10.2 Å². The minimum absolute atomic E-state index is 0.000552. The second-order valence-electron chi connectivity index (χ2n) is 14.2. The molecular formula is C40H46Cl2N2O2Zr. The van der Waals surface area contributed by atoms with E-state index < -0.39 is 20.8 Å². The summed E-state index contributed by atoms with van der Waals surface area (Å²) in [5.41, 5.74) is 7.17. The molecule has 0 radical (unpaired) electrons. The van der Waals surface area contributed by atoms with Gasteiger partial charge in [-0.05, 0) is 70.2 Å². The van der Waals surface area contributed by atoms with Crippen LogP contribution in [0.15, 0.2) is 94.9 Å².